The van der Waals surface area contributed by atoms with Crippen molar-refractivity contribution in [2.75, 3.05) is 6.54 Å². The molecule has 2 unspecified atom stereocenters. The molecule has 2 aromatic rings. The van der Waals surface area contributed by atoms with E-state index in [0.717, 1.165) is 16.9 Å². The number of hydrogen-bond donors (Lipinski definition) is 1. The first-order valence-electron chi connectivity index (χ1n) is 6.15. The minimum Gasteiger partial charge on any atom is -0.354 e. The molecule has 0 saturated carbocycles. The molecular formula is C13H13Cl2N3O. The largest absolute Gasteiger partial charge is 0.354 e. The molecule has 1 aliphatic rings. The lowest BCUT2D eigenvalue weighted by molar-refractivity contribution is -0.119. The number of hydrogen-bond acceptors (Lipinski definition) is 2. The lowest BCUT2D eigenvalue weighted by Crippen LogP contribution is -2.17. The van der Waals surface area contributed by atoms with Crippen molar-refractivity contribution in [1.82, 2.24) is 14.9 Å². The van der Waals surface area contributed by atoms with Gasteiger partial charge < -0.3 is 9.88 Å². The molecule has 4 nitrogen and oxygen atoms in total. The minimum absolute atomic E-state index is 0.0483. The Kier molecular flexibility index (Phi) is 3.15. The van der Waals surface area contributed by atoms with E-state index in [4.69, 9.17) is 23.2 Å². The number of fused-ring (bicyclic) bond motifs is 1. The Morgan fingerprint density at radius 3 is 2.95 bits per heavy atom. The maximum absolute atomic E-state index is 11.4. The number of carbonyl (C=O) groups is 1. The van der Waals surface area contributed by atoms with Gasteiger partial charge in [-0.25, -0.2) is 4.98 Å². The van der Waals surface area contributed by atoms with E-state index in [1.807, 2.05) is 29.7 Å². The maximum Gasteiger partial charge on any atom is 0.222 e. The smallest absolute Gasteiger partial charge is 0.222 e. The highest BCUT2D eigenvalue weighted by molar-refractivity contribution is 6.35. The maximum atomic E-state index is 11.4. The topological polar surface area (TPSA) is 46.9 Å². The molecule has 1 aromatic heterocycles. The van der Waals surface area contributed by atoms with Crippen LogP contribution in [0.4, 0.5) is 0 Å². The van der Waals surface area contributed by atoms with Crippen molar-refractivity contribution in [2.24, 2.45) is 0 Å². The molecule has 0 radical (unpaired) electrons. The van der Waals surface area contributed by atoms with Gasteiger partial charge in [0.2, 0.25) is 5.91 Å². The predicted molar refractivity (Wildman–Crippen MR) is 75.7 cm³/mol. The number of imidazole rings is 1. The standard InChI is InChI=1S/C13H13Cl2N3O/c1-7(14)13-17-12-9(15)3-2-4-10(12)18(13)8-5-11(19)16-6-8/h2-4,7-8H,5-6H2,1H3,(H,16,19). The number of carbonyl (C=O) groups excluding carboxylic acids is 1. The van der Waals surface area contributed by atoms with Gasteiger partial charge in [-0.3, -0.25) is 4.79 Å². The van der Waals surface area contributed by atoms with Crippen LogP contribution in [0.2, 0.25) is 5.02 Å². The molecule has 6 heteroatoms. The van der Waals surface area contributed by atoms with Crippen LogP contribution in [-0.4, -0.2) is 22.0 Å². The number of nitrogens with zero attached hydrogens (tertiary/aromatic N) is 2. The molecule has 0 bridgehead atoms. The average molecular weight is 298 g/mol. The lowest BCUT2D eigenvalue weighted by atomic mass is 10.2. The van der Waals surface area contributed by atoms with Gasteiger partial charge in [0, 0.05) is 13.0 Å². The van der Waals surface area contributed by atoms with Crippen molar-refractivity contribution in [1.29, 1.82) is 0 Å². The van der Waals surface area contributed by atoms with Crippen LogP contribution < -0.4 is 5.32 Å². The van der Waals surface area contributed by atoms with Gasteiger partial charge in [-0.15, -0.1) is 11.6 Å². The number of halogens is 2. The summed E-state index contributed by atoms with van der Waals surface area (Å²) < 4.78 is 2.04. The number of amides is 1. The third-order valence-corrected chi connectivity index (χ3v) is 3.88. The van der Waals surface area contributed by atoms with Crippen LogP contribution in [-0.2, 0) is 4.79 Å². The Bertz CT molecular complexity index is 651. The Hall–Kier alpha value is -1.26. The molecule has 100 valence electrons. The van der Waals surface area contributed by atoms with E-state index in [-0.39, 0.29) is 17.3 Å². The zero-order chi connectivity index (χ0) is 13.6. The average Bonchev–Trinajstić information content (AvgIpc) is 2.93. The number of benzene rings is 1. The van der Waals surface area contributed by atoms with Gasteiger partial charge in [-0.2, -0.15) is 0 Å². The zero-order valence-corrected chi connectivity index (χ0v) is 11.9. The number of aromatic nitrogens is 2. The molecule has 2 heterocycles. The highest BCUT2D eigenvalue weighted by atomic mass is 35.5. The van der Waals surface area contributed by atoms with E-state index >= 15 is 0 Å². The summed E-state index contributed by atoms with van der Waals surface area (Å²) in [7, 11) is 0. The summed E-state index contributed by atoms with van der Waals surface area (Å²) in [6, 6.07) is 5.70. The molecule has 19 heavy (non-hydrogen) atoms. The predicted octanol–water partition coefficient (Wildman–Crippen LogP) is 3.05. The van der Waals surface area contributed by atoms with E-state index < -0.39 is 0 Å². The first kappa shape index (κ1) is 12.8. The lowest BCUT2D eigenvalue weighted by Gasteiger charge is -2.15. The third kappa shape index (κ3) is 2.09. The van der Waals surface area contributed by atoms with Crippen LogP contribution in [0.3, 0.4) is 0 Å². The number of nitrogens with one attached hydrogen (secondary N) is 1. The Balaban J connectivity index is 2.22. The summed E-state index contributed by atoms with van der Waals surface area (Å²) in [4.78, 5) is 16.0. The Labute approximate surface area is 120 Å². The van der Waals surface area contributed by atoms with Gasteiger partial charge in [-0.05, 0) is 19.1 Å². The van der Waals surface area contributed by atoms with Gasteiger partial charge in [-0.1, -0.05) is 17.7 Å². The summed E-state index contributed by atoms with van der Waals surface area (Å²) in [6.45, 7) is 2.48. The summed E-state index contributed by atoms with van der Waals surface area (Å²) in [5, 5.41) is 3.21. The van der Waals surface area contributed by atoms with Crippen LogP contribution in [0, 0.1) is 0 Å². The van der Waals surface area contributed by atoms with Crippen LogP contribution in [0.1, 0.15) is 30.6 Å². The monoisotopic (exact) mass is 297 g/mol. The second kappa shape index (κ2) is 4.69. The highest BCUT2D eigenvalue weighted by Gasteiger charge is 2.28. The molecule has 1 N–H and O–H groups in total. The molecule has 3 rings (SSSR count). The summed E-state index contributed by atoms with van der Waals surface area (Å²) in [5.74, 6) is 0.813. The van der Waals surface area contributed by atoms with Crippen molar-refractivity contribution < 1.29 is 4.79 Å². The van der Waals surface area contributed by atoms with Crippen LogP contribution in [0.5, 0.6) is 0 Å². The van der Waals surface area contributed by atoms with Crippen LogP contribution >= 0.6 is 23.2 Å². The van der Waals surface area contributed by atoms with E-state index in [9.17, 15) is 4.79 Å². The molecular weight excluding hydrogens is 285 g/mol. The van der Waals surface area contributed by atoms with Crippen LogP contribution in [0.25, 0.3) is 11.0 Å². The first-order valence-corrected chi connectivity index (χ1v) is 6.96. The fourth-order valence-electron chi connectivity index (χ4n) is 2.54. The minimum atomic E-state index is -0.237. The summed E-state index contributed by atoms with van der Waals surface area (Å²) >= 11 is 12.4. The fourth-order valence-corrected chi connectivity index (χ4v) is 2.90. The van der Waals surface area contributed by atoms with Crippen molar-refractivity contribution in [3.63, 3.8) is 0 Å². The third-order valence-electron chi connectivity index (χ3n) is 3.38. The van der Waals surface area contributed by atoms with Crippen molar-refractivity contribution in [2.45, 2.75) is 24.8 Å². The van der Waals surface area contributed by atoms with Gasteiger partial charge >= 0.3 is 0 Å². The number of rotatable bonds is 2. The quantitative estimate of drug-likeness (QED) is 0.866. The highest BCUT2D eigenvalue weighted by Crippen LogP contribution is 2.33. The van der Waals surface area contributed by atoms with E-state index in [1.165, 1.54) is 0 Å². The molecule has 1 saturated heterocycles. The van der Waals surface area contributed by atoms with Gasteiger partial charge in [0.1, 0.15) is 11.3 Å². The van der Waals surface area contributed by atoms with Crippen molar-refractivity contribution in [3.05, 3.63) is 29.0 Å². The Morgan fingerprint density at radius 2 is 2.32 bits per heavy atom. The fraction of sp³-hybridized carbons (Fsp3) is 0.385. The van der Waals surface area contributed by atoms with Crippen LogP contribution in [0.15, 0.2) is 18.2 Å². The van der Waals surface area contributed by atoms with Gasteiger partial charge in [0.25, 0.3) is 0 Å². The molecule has 1 amide bonds. The van der Waals surface area contributed by atoms with Crippen molar-refractivity contribution >= 4 is 40.1 Å². The number of alkyl halides is 1. The first-order chi connectivity index (χ1) is 9.08. The molecule has 1 aliphatic heterocycles. The molecule has 0 aliphatic carbocycles. The van der Waals surface area contributed by atoms with E-state index in [1.54, 1.807) is 0 Å². The Morgan fingerprint density at radius 1 is 1.53 bits per heavy atom. The van der Waals surface area contributed by atoms with Gasteiger partial charge in [0.15, 0.2) is 0 Å². The second-order valence-electron chi connectivity index (χ2n) is 4.73. The summed E-state index contributed by atoms with van der Waals surface area (Å²) in [6.07, 6.45) is 0.453. The molecule has 2 atom stereocenters. The molecule has 0 spiro atoms. The zero-order valence-electron chi connectivity index (χ0n) is 10.4. The second-order valence-corrected chi connectivity index (χ2v) is 5.79. The summed E-state index contributed by atoms with van der Waals surface area (Å²) in [5.41, 5.74) is 1.67. The SMILES string of the molecule is CC(Cl)c1nc2c(Cl)cccc2n1C1CNC(=O)C1. The van der Waals surface area contributed by atoms with Gasteiger partial charge in [0.05, 0.1) is 22.0 Å². The molecule has 1 fully saturated rings. The van der Waals surface area contributed by atoms with Crippen molar-refractivity contribution in [3.8, 4) is 0 Å². The number of para-hydroxylation sites is 1. The molecule has 1 aromatic carbocycles. The van der Waals surface area contributed by atoms with E-state index in [2.05, 4.69) is 10.3 Å². The van der Waals surface area contributed by atoms with E-state index in [0.29, 0.717) is 18.0 Å². The normalized spacial score (nSPS) is 20.8.